The second-order valence-electron chi connectivity index (χ2n) is 8.28. The van der Waals surface area contributed by atoms with Crippen LogP contribution in [-0.2, 0) is 23.1 Å². The molecule has 0 bridgehead atoms. The highest BCUT2D eigenvalue weighted by Gasteiger charge is 2.21. The Balaban J connectivity index is 1.50. The zero-order valence-corrected chi connectivity index (χ0v) is 22.5. The second kappa shape index (κ2) is 11.7. The minimum absolute atomic E-state index is 0.0800. The number of furan rings is 1. The maximum absolute atomic E-state index is 13.0. The number of benzene rings is 3. The van der Waals surface area contributed by atoms with Gasteiger partial charge in [-0.05, 0) is 60.7 Å². The molecule has 0 unspecified atom stereocenters. The zero-order valence-electron chi connectivity index (χ0n) is 20.1. The molecule has 0 aliphatic carbocycles. The van der Waals surface area contributed by atoms with E-state index in [-0.39, 0.29) is 30.1 Å². The number of sulfonamides is 1. The first kappa shape index (κ1) is 27.3. The van der Waals surface area contributed by atoms with Crippen LogP contribution in [0.2, 0.25) is 10.0 Å². The Morgan fingerprint density at radius 1 is 0.868 bits per heavy atom. The SMILES string of the molecule is CS(=O)(=O)N(Cc1c(Cl)cccc1Cl)c1ccc(C(=O)Nc2ccccc2C(=O)NCc2ccco2)cc1. The van der Waals surface area contributed by atoms with E-state index in [2.05, 4.69) is 10.6 Å². The molecule has 0 spiro atoms. The predicted octanol–water partition coefficient (Wildman–Crippen LogP) is 5.73. The van der Waals surface area contributed by atoms with Crippen molar-refractivity contribution in [2.24, 2.45) is 0 Å². The molecule has 0 aliphatic heterocycles. The average Bonchev–Trinajstić information content (AvgIpc) is 3.41. The van der Waals surface area contributed by atoms with Crippen LogP contribution >= 0.6 is 23.2 Å². The lowest BCUT2D eigenvalue weighted by Gasteiger charge is -2.23. The molecule has 38 heavy (non-hydrogen) atoms. The van der Waals surface area contributed by atoms with E-state index in [1.165, 1.54) is 30.5 Å². The Morgan fingerprint density at radius 2 is 1.55 bits per heavy atom. The summed E-state index contributed by atoms with van der Waals surface area (Å²) in [6, 6.07) is 21.0. The molecule has 196 valence electrons. The van der Waals surface area contributed by atoms with Crippen LogP contribution in [0.4, 0.5) is 11.4 Å². The van der Waals surface area contributed by atoms with Gasteiger partial charge in [0, 0.05) is 21.2 Å². The summed E-state index contributed by atoms with van der Waals surface area (Å²) >= 11 is 12.5. The summed E-state index contributed by atoms with van der Waals surface area (Å²) in [7, 11) is -3.70. The molecule has 11 heteroatoms. The van der Waals surface area contributed by atoms with Gasteiger partial charge in [0.1, 0.15) is 5.76 Å². The monoisotopic (exact) mass is 571 g/mol. The number of nitrogens with one attached hydrogen (secondary N) is 2. The third-order valence-corrected chi connectivity index (χ3v) is 7.45. The molecule has 0 saturated carbocycles. The number of hydrogen-bond acceptors (Lipinski definition) is 5. The largest absolute Gasteiger partial charge is 0.467 e. The maximum Gasteiger partial charge on any atom is 0.255 e. The molecule has 4 aromatic rings. The highest BCUT2D eigenvalue weighted by Crippen LogP contribution is 2.29. The molecule has 0 atom stereocenters. The lowest BCUT2D eigenvalue weighted by molar-refractivity contribution is 0.0949. The Labute approximate surface area is 230 Å². The topological polar surface area (TPSA) is 109 Å². The molecule has 1 aromatic heterocycles. The standard InChI is InChI=1S/C27H23Cl2N3O5S/c1-38(35,36)32(17-22-23(28)8-4-9-24(22)29)19-13-11-18(12-14-19)26(33)31-25-10-3-2-7-21(25)27(34)30-16-20-6-5-15-37-20/h2-15H,16-17H2,1H3,(H,30,34)(H,31,33). The molecule has 0 aliphatic rings. The summed E-state index contributed by atoms with van der Waals surface area (Å²) in [6.45, 7) is 0.120. The van der Waals surface area contributed by atoms with Crippen LogP contribution in [0.5, 0.6) is 0 Å². The smallest absolute Gasteiger partial charge is 0.255 e. The van der Waals surface area contributed by atoms with Gasteiger partial charge in [-0.1, -0.05) is 41.4 Å². The minimum Gasteiger partial charge on any atom is -0.467 e. The summed E-state index contributed by atoms with van der Waals surface area (Å²) in [4.78, 5) is 25.7. The van der Waals surface area contributed by atoms with Gasteiger partial charge in [-0.25, -0.2) is 8.42 Å². The molecule has 8 nitrogen and oxygen atoms in total. The zero-order chi connectivity index (χ0) is 27.3. The van der Waals surface area contributed by atoms with Gasteiger partial charge in [0.15, 0.2) is 0 Å². The quantitative estimate of drug-likeness (QED) is 0.266. The Kier molecular flexibility index (Phi) is 8.41. The fourth-order valence-corrected chi connectivity index (χ4v) is 5.05. The average molecular weight is 572 g/mol. The van der Waals surface area contributed by atoms with Crippen molar-refractivity contribution < 1.29 is 22.4 Å². The van der Waals surface area contributed by atoms with Crippen LogP contribution in [0, 0.1) is 0 Å². The third kappa shape index (κ3) is 6.55. The molecule has 3 aromatic carbocycles. The van der Waals surface area contributed by atoms with Gasteiger partial charge in [0.25, 0.3) is 11.8 Å². The molecular formula is C27H23Cl2N3O5S. The Hall–Kier alpha value is -3.79. The van der Waals surface area contributed by atoms with Crippen molar-refractivity contribution in [1.29, 1.82) is 0 Å². The lowest BCUT2D eigenvalue weighted by atomic mass is 10.1. The third-order valence-electron chi connectivity index (χ3n) is 5.60. The van der Waals surface area contributed by atoms with E-state index in [1.807, 2.05) is 0 Å². The van der Waals surface area contributed by atoms with Gasteiger partial charge in [-0.2, -0.15) is 0 Å². The van der Waals surface area contributed by atoms with Crippen LogP contribution in [0.3, 0.4) is 0 Å². The van der Waals surface area contributed by atoms with Gasteiger partial charge >= 0.3 is 0 Å². The van der Waals surface area contributed by atoms with Crippen molar-refractivity contribution in [3.05, 3.63) is 118 Å². The maximum atomic E-state index is 13.0. The fraction of sp³-hybridized carbons (Fsp3) is 0.111. The van der Waals surface area contributed by atoms with Crippen LogP contribution < -0.4 is 14.9 Å². The number of amides is 2. The van der Waals surface area contributed by atoms with Gasteiger partial charge in [-0.3, -0.25) is 13.9 Å². The van der Waals surface area contributed by atoms with Crippen LogP contribution in [-0.4, -0.2) is 26.5 Å². The van der Waals surface area contributed by atoms with E-state index >= 15 is 0 Å². The number of rotatable bonds is 9. The number of hydrogen-bond donors (Lipinski definition) is 2. The highest BCUT2D eigenvalue weighted by molar-refractivity contribution is 7.92. The van der Waals surface area contributed by atoms with Crippen LogP contribution in [0.25, 0.3) is 0 Å². The van der Waals surface area contributed by atoms with Crippen LogP contribution in [0.1, 0.15) is 32.0 Å². The van der Waals surface area contributed by atoms with Crippen molar-refractivity contribution in [3.8, 4) is 0 Å². The van der Waals surface area contributed by atoms with E-state index in [4.69, 9.17) is 27.6 Å². The molecule has 0 fully saturated rings. The van der Waals surface area contributed by atoms with Gasteiger partial charge in [0.05, 0.1) is 42.5 Å². The van der Waals surface area contributed by atoms with Gasteiger partial charge in [-0.15, -0.1) is 0 Å². The molecule has 0 saturated heterocycles. The number of carbonyl (C=O) groups excluding carboxylic acids is 2. The van der Waals surface area contributed by atoms with E-state index in [9.17, 15) is 18.0 Å². The first-order chi connectivity index (χ1) is 18.1. The number of carbonyl (C=O) groups is 2. The van der Waals surface area contributed by atoms with Crippen molar-refractivity contribution in [2.45, 2.75) is 13.1 Å². The lowest BCUT2D eigenvalue weighted by Crippen LogP contribution is -2.29. The van der Waals surface area contributed by atoms with Gasteiger partial charge < -0.3 is 15.1 Å². The van der Waals surface area contributed by atoms with Crippen molar-refractivity contribution in [2.75, 3.05) is 15.9 Å². The normalized spacial score (nSPS) is 11.1. The molecular weight excluding hydrogens is 549 g/mol. The predicted molar refractivity (Wildman–Crippen MR) is 148 cm³/mol. The fourth-order valence-electron chi connectivity index (χ4n) is 3.67. The van der Waals surface area contributed by atoms with E-state index < -0.39 is 15.9 Å². The number of nitrogens with zero attached hydrogens (tertiary/aromatic N) is 1. The molecule has 2 amide bonds. The van der Waals surface area contributed by atoms with E-state index in [0.29, 0.717) is 32.7 Å². The van der Waals surface area contributed by atoms with Crippen LogP contribution in [0.15, 0.2) is 89.5 Å². The molecule has 4 rings (SSSR count). The number of para-hydroxylation sites is 1. The van der Waals surface area contributed by atoms with Crippen molar-refractivity contribution >= 4 is 56.4 Å². The molecule has 0 radical (unpaired) electrons. The summed E-state index contributed by atoms with van der Waals surface area (Å²) < 4.78 is 31.5. The number of halogens is 2. The number of anilines is 2. The van der Waals surface area contributed by atoms with E-state index in [0.717, 1.165) is 10.6 Å². The second-order valence-corrected chi connectivity index (χ2v) is 11.0. The summed E-state index contributed by atoms with van der Waals surface area (Å²) in [5.74, 6) is -0.252. The minimum atomic E-state index is -3.70. The van der Waals surface area contributed by atoms with Crippen molar-refractivity contribution in [3.63, 3.8) is 0 Å². The van der Waals surface area contributed by atoms with Gasteiger partial charge in [0.2, 0.25) is 10.0 Å². The Bertz CT molecular complexity index is 1540. The summed E-state index contributed by atoms with van der Waals surface area (Å²) in [6.07, 6.45) is 2.59. The summed E-state index contributed by atoms with van der Waals surface area (Å²) in [5.41, 5.74) is 1.67. The molecule has 2 N–H and O–H groups in total. The highest BCUT2D eigenvalue weighted by atomic mass is 35.5. The Morgan fingerprint density at radius 3 is 2.18 bits per heavy atom. The first-order valence-corrected chi connectivity index (χ1v) is 14.0. The summed E-state index contributed by atoms with van der Waals surface area (Å²) in [5, 5.41) is 6.18. The molecule has 1 heterocycles. The van der Waals surface area contributed by atoms with E-state index in [1.54, 1.807) is 54.6 Å². The van der Waals surface area contributed by atoms with Crippen molar-refractivity contribution in [1.82, 2.24) is 5.32 Å². The first-order valence-electron chi connectivity index (χ1n) is 11.3.